The maximum Gasteiger partial charge on any atom is 0.410 e. The third kappa shape index (κ3) is 6.89. The highest BCUT2D eigenvalue weighted by molar-refractivity contribution is 7.14. The topological polar surface area (TPSA) is 74.8 Å². The van der Waals surface area contributed by atoms with Gasteiger partial charge in [-0.05, 0) is 56.0 Å². The van der Waals surface area contributed by atoms with Crippen molar-refractivity contribution in [2.75, 3.05) is 36.4 Å². The Labute approximate surface area is 223 Å². The highest BCUT2D eigenvalue weighted by Gasteiger charge is 2.26. The monoisotopic (exact) mass is 520 g/mol. The van der Waals surface area contributed by atoms with Crippen LogP contribution in [0.25, 0.3) is 11.3 Å². The van der Waals surface area contributed by atoms with E-state index in [4.69, 9.17) is 4.74 Å². The lowest BCUT2D eigenvalue weighted by Crippen LogP contribution is -2.50. The van der Waals surface area contributed by atoms with Crippen molar-refractivity contribution in [1.82, 2.24) is 9.88 Å². The Balaban J connectivity index is 1.38. The van der Waals surface area contributed by atoms with Gasteiger partial charge in [0.05, 0.1) is 5.69 Å². The quantitative estimate of drug-likeness (QED) is 0.430. The molecule has 0 unspecified atom stereocenters. The van der Waals surface area contributed by atoms with Gasteiger partial charge in [0.1, 0.15) is 5.60 Å². The van der Waals surface area contributed by atoms with Gasteiger partial charge in [-0.3, -0.25) is 10.1 Å². The van der Waals surface area contributed by atoms with Crippen molar-refractivity contribution in [2.45, 2.75) is 52.6 Å². The Hall–Kier alpha value is -3.39. The van der Waals surface area contributed by atoms with E-state index in [0.29, 0.717) is 23.8 Å². The molecule has 1 aliphatic heterocycles. The van der Waals surface area contributed by atoms with Crippen molar-refractivity contribution in [2.24, 2.45) is 0 Å². The summed E-state index contributed by atoms with van der Waals surface area (Å²) in [6, 6.07) is 15.9. The van der Waals surface area contributed by atoms with E-state index in [9.17, 15) is 9.59 Å². The van der Waals surface area contributed by atoms with E-state index in [0.717, 1.165) is 30.0 Å². The molecule has 4 rings (SSSR count). The van der Waals surface area contributed by atoms with Crippen LogP contribution < -0.4 is 10.2 Å². The second-order valence-corrected chi connectivity index (χ2v) is 12.2. The summed E-state index contributed by atoms with van der Waals surface area (Å²) in [4.78, 5) is 33.8. The maximum absolute atomic E-state index is 12.7. The lowest BCUT2D eigenvalue weighted by Gasteiger charge is -2.36. The molecule has 1 aliphatic rings. The first-order valence-corrected chi connectivity index (χ1v) is 13.5. The normalized spacial score (nSPS) is 14.4. The Bertz CT molecular complexity index is 1250. The fraction of sp³-hybridized carbons (Fsp3) is 0.414. The fourth-order valence-corrected chi connectivity index (χ4v) is 4.80. The summed E-state index contributed by atoms with van der Waals surface area (Å²) in [6.45, 7) is 14.8. The zero-order valence-corrected chi connectivity index (χ0v) is 23.3. The van der Waals surface area contributed by atoms with E-state index in [2.05, 4.69) is 48.1 Å². The number of rotatable bonds is 4. The molecule has 0 spiro atoms. The second kappa shape index (κ2) is 10.5. The van der Waals surface area contributed by atoms with Crippen molar-refractivity contribution in [3.05, 3.63) is 65.0 Å². The number of hydrogen-bond donors (Lipinski definition) is 1. The average molecular weight is 521 g/mol. The minimum absolute atomic E-state index is 0.0411. The van der Waals surface area contributed by atoms with E-state index >= 15 is 0 Å². The summed E-state index contributed by atoms with van der Waals surface area (Å²) in [7, 11) is 0. The van der Waals surface area contributed by atoms with Crippen LogP contribution in [-0.2, 0) is 10.2 Å². The van der Waals surface area contributed by atoms with Crippen LogP contribution in [0.4, 0.5) is 15.6 Å². The minimum atomic E-state index is -0.495. The first kappa shape index (κ1) is 26.7. The third-order valence-corrected chi connectivity index (χ3v) is 6.93. The van der Waals surface area contributed by atoms with Crippen LogP contribution in [0.15, 0.2) is 53.9 Å². The molecule has 7 nitrogen and oxygen atoms in total. The number of nitrogens with one attached hydrogen (secondary N) is 1. The average Bonchev–Trinajstić information content (AvgIpc) is 3.31. The number of amides is 2. The molecule has 2 aromatic carbocycles. The Morgan fingerprint density at radius 3 is 2.24 bits per heavy atom. The largest absolute Gasteiger partial charge is 0.444 e. The highest BCUT2D eigenvalue weighted by Crippen LogP contribution is 2.29. The molecule has 1 N–H and O–H groups in total. The van der Waals surface area contributed by atoms with Crippen LogP contribution in [-0.4, -0.2) is 53.7 Å². The number of carbonyl (C=O) groups is 2. The van der Waals surface area contributed by atoms with Crippen LogP contribution in [0, 0.1) is 0 Å². The summed E-state index contributed by atoms with van der Waals surface area (Å²) < 4.78 is 5.50. The molecule has 1 saturated heterocycles. The standard InChI is InChI=1S/C29H36N4O3S/c1-28(2,3)22-12-10-20(11-13-22)25(34)31-26-30-24(19-37-26)21-8-7-9-23(18-21)32-14-16-33(17-15-32)27(35)36-29(4,5)6/h7-13,18-19H,14-17H2,1-6H3,(H,30,31,34). The summed E-state index contributed by atoms with van der Waals surface area (Å²) in [5.74, 6) is -0.169. The number of hydrogen-bond acceptors (Lipinski definition) is 6. The molecule has 0 radical (unpaired) electrons. The summed E-state index contributed by atoms with van der Waals surface area (Å²) >= 11 is 1.41. The Kier molecular flexibility index (Phi) is 7.59. The summed E-state index contributed by atoms with van der Waals surface area (Å²) in [5.41, 5.74) is 4.23. The van der Waals surface area contributed by atoms with Gasteiger partial charge in [-0.1, -0.05) is 45.0 Å². The van der Waals surface area contributed by atoms with Gasteiger partial charge in [0, 0.05) is 48.4 Å². The molecule has 2 amide bonds. The van der Waals surface area contributed by atoms with Crippen molar-refractivity contribution >= 4 is 34.2 Å². The molecule has 0 atom stereocenters. The van der Waals surface area contributed by atoms with E-state index in [-0.39, 0.29) is 17.4 Å². The zero-order valence-electron chi connectivity index (χ0n) is 22.5. The molecule has 3 aromatic rings. The number of benzene rings is 2. The van der Waals surface area contributed by atoms with E-state index in [1.54, 1.807) is 4.90 Å². The fourth-order valence-electron chi connectivity index (χ4n) is 4.09. The van der Waals surface area contributed by atoms with Gasteiger partial charge in [0.2, 0.25) is 0 Å². The number of ether oxygens (including phenoxy) is 1. The molecule has 0 saturated carbocycles. The minimum Gasteiger partial charge on any atom is -0.444 e. The first-order valence-electron chi connectivity index (χ1n) is 12.6. The predicted molar refractivity (Wildman–Crippen MR) is 151 cm³/mol. The first-order chi connectivity index (χ1) is 17.4. The number of aromatic nitrogens is 1. The molecule has 0 aliphatic carbocycles. The molecule has 1 fully saturated rings. The van der Waals surface area contributed by atoms with Gasteiger partial charge in [-0.2, -0.15) is 0 Å². The van der Waals surface area contributed by atoms with Gasteiger partial charge in [-0.25, -0.2) is 9.78 Å². The molecular formula is C29H36N4O3S. The van der Waals surface area contributed by atoms with Crippen LogP contribution in [0.3, 0.4) is 0 Å². The third-order valence-electron chi connectivity index (χ3n) is 6.18. The summed E-state index contributed by atoms with van der Waals surface area (Å²) in [5, 5.41) is 5.45. The lowest BCUT2D eigenvalue weighted by molar-refractivity contribution is 0.0240. The van der Waals surface area contributed by atoms with E-state index in [1.165, 1.54) is 16.9 Å². The molecule has 37 heavy (non-hydrogen) atoms. The van der Waals surface area contributed by atoms with Gasteiger partial charge in [0.15, 0.2) is 5.13 Å². The number of nitrogens with zero attached hydrogens (tertiary/aromatic N) is 3. The van der Waals surface area contributed by atoms with Crippen LogP contribution in [0.5, 0.6) is 0 Å². The van der Waals surface area contributed by atoms with E-state index < -0.39 is 5.60 Å². The molecule has 196 valence electrons. The van der Waals surface area contributed by atoms with Gasteiger partial charge < -0.3 is 14.5 Å². The molecule has 0 bridgehead atoms. The Morgan fingerprint density at radius 1 is 0.946 bits per heavy atom. The SMILES string of the molecule is CC(C)(C)OC(=O)N1CCN(c2cccc(-c3csc(NC(=O)c4ccc(C(C)(C)C)cc4)n3)c2)CC1. The number of piperazine rings is 1. The maximum atomic E-state index is 12.7. The van der Waals surface area contributed by atoms with Crippen molar-refractivity contribution in [3.63, 3.8) is 0 Å². The van der Waals surface area contributed by atoms with Crippen LogP contribution in [0.2, 0.25) is 0 Å². The predicted octanol–water partition coefficient (Wildman–Crippen LogP) is 6.42. The second-order valence-electron chi connectivity index (χ2n) is 11.3. The number of carbonyl (C=O) groups excluding carboxylic acids is 2. The van der Waals surface area contributed by atoms with Crippen molar-refractivity contribution < 1.29 is 14.3 Å². The number of thiazole rings is 1. The van der Waals surface area contributed by atoms with Gasteiger partial charge in [0.25, 0.3) is 5.91 Å². The van der Waals surface area contributed by atoms with Crippen LogP contribution in [0.1, 0.15) is 57.5 Å². The van der Waals surface area contributed by atoms with Crippen molar-refractivity contribution in [1.29, 1.82) is 0 Å². The van der Waals surface area contributed by atoms with E-state index in [1.807, 2.05) is 62.5 Å². The molecule has 8 heteroatoms. The van der Waals surface area contributed by atoms with Crippen molar-refractivity contribution in [3.8, 4) is 11.3 Å². The molecular weight excluding hydrogens is 484 g/mol. The molecule has 2 heterocycles. The smallest absolute Gasteiger partial charge is 0.410 e. The number of anilines is 2. The highest BCUT2D eigenvalue weighted by atomic mass is 32.1. The van der Waals surface area contributed by atoms with Gasteiger partial charge in [-0.15, -0.1) is 11.3 Å². The van der Waals surface area contributed by atoms with Gasteiger partial charge >= 0.3 is 6.09 Å². The molecule has 1 aromatic heterocycles. The van der Waals surface area contributed by atoms with Crippen LogP contribution >= 0.6 is 11.3 Å². The summed E-state index contributed by atoms with van der Waals surface area (Å²) in [6.07, 6.45) is -0.261. The zero-order chi connectivity index (χ0) is 26.8. The Morgan fingerprint density at radius 2 is 1.62 bits per heavy atom. The lowest BCUT2D eigenvalue weighted by atomic mass is 9.87.